The number of unbranched alkanes of at least 4 members (excludes halogenated alkanes) is 7. The summed E-state index contributed by atoms with van der Waals surface area (Å²) in [6.45, 7) is 2.97. The number of rotatable bonds is 37. The van der Waals surface area contributed by atoms with Crippen LogP contribution in [0.25, 0.3) is 0 Å². The first-order valence-corrected chi connectivity index (χ1v) is 25.3. The molecule has 0 heterocycles. The average molecular weight is 949 g/mol. The molecule has 66 heavy (non-hydrogen) atoms. The molecule has 9 atom stereocenters. The SMILES string of the molecule is CC/C=C\CC(O)/C=C/C=C/C/C=C\C/C=C\C/C=C\CCC(=O)OC[C@H](COP(=O)(O)OC1[C@H](O)[C@H](O)C(O)[C@H](O)[C@H]1O)OC(=O)CCCCCC/C=C\C/C=C\C/C=C\CCCCC. The molecule has 0 bridgehead atoms. The third-order valence-corrected chi connectivity index (χ3v) is 11.2. The highest BCUT2D eigenvalue weighted by molar-refractivity contribution is 7.47. The zero-order chi connectivity index (χ0) is 48.7. The molecule has 0 aromatic heterocycles. The Balaban J connectivity index is 2.54. The van der Waals surface area contributed by atoms with Crippen LogP contribution in [0.4, 0.5) is 0 Å². The number of phosphoric ester groups is 1. The first-order valence-electron chi connectivity index (χ1n) is 23.8. The standard InChI is InChI=1S/C51H81O14P/c1-3-5-7-8-9-10-11-12-13-14-15-18-22-25-28-31-35-39-45(54)64-43(41-63-66(60,61)65-51-49(58)47(56)46(55)48(57)50(51)59)40-62-44(53)38-34-30-27-24-21-19-16-17-20-23-26-29-33-37-42(52)36-32-6-4-2/h6,9-10,12-13,15,17-21,26-27,29-30,32-33,37,42-43,46-52,55-59H,3-5,7-8,11,14,16,22-25,28,31,34-36,38-41H2,1-2H3,(H,60,61)/b10-9-,13-12-,18-15-,20-17-,21-19-,29-26+,30-27-,32-6-,37-33+/t42?,43-,46?,47-,48+,49-,50-,51?/m1/s1. The molecular weight excluding hydrogens is 868 g/mol. The van der Waals surface area contributed by atoms with Gasteiger partial charge in [0.25, 0.3) is 0 Å². The van der Waals surface area contributed by atoms with E-state index in [-0.39, 0.29) is 12.8 Å². The largest absolute Gasteiger partial charge is 0.472 e. The minimum atomic E-state index is -5.16. The molecule has 0 amide bonds. The Kier molecular flexibility index (Phi) is 36.2. The maximum absolute atomic E-state index is 12.8. The third kappa shape index (κ3) is 31.4. The fraction of sp³-hybridized carbons (Fsp3) is 0.608. The Labute approximate surface area is 394 Å². The van der Waals surface area contributed by atoms with Crippen molar-refractivity contribution in [3.8, 4) is 0 Å². The zero-order valence-corrected chi connectivity index (χ0v) is 40.2. The van der Waals surface area contributed by atoms with Crippen molar-refractivity contribution in [2.45, 2.75) is 185 Å². The highest BCUT2D eigenvalue weighted by atomic mass is 31.2. The van der Waals surface area contributed by atoms with Crippen molar-refractivity contribution < 1.29 is 68.2 Å². The average Bonchev–Trinajstić information content (AvgIpc) is 3.29. The van der Waals surface area contributed by atoms with Crippen LogP contribution in [0.3, 0.4) is 0 Å². The van der Waals surface area contributed by atoms with E-state index in [1.807, 2.05) is 54.7 Å². The van der Waals surface area contributed by atoms with Gasteiger partial charge in [-0.2, -0.15) is 0 Å². The number of hydrogen-bond acceptors (Lipinski definition) is 13. The van der Waals surface area contributed by atoms with E-state index in [9.17, 15) is 49.7 Å². The van der Waals surface area contributed by atoms with E-state index in [0.29, 0.717) is 25.7 Å². The van der Waals surface area contributed by atoms with Crippen LogP contribution in [0.5, 0.6) is 0 Å². The Hall–Kier alpha value is -3.53. The molecule has 0 saturated heterocycles. The molecule has 374 valence electrons. The number of carbonyl (C=O) groups is 2. The normalized spacial score (nSPS) is 22.7. The van der Waals surface area contributed by atoms with E-state index in [1.54, 1.807) is 6.08 Å². The van der Waals surface area contributed by atoms with Crippen LogP contribution in [0.15, 0.2) is 109 Å². The summed E-state index contributed by atoms with van der Waals surface area (Å²) in [6.07, 6.45) is 37.6. The fourth-order valence-electron chi connectivity index (χ4n) is 6.34. The Bertz CT molecular complexity index is 1580. The molecule has 0 radical (unpaired) electrons. The molecule has 0 aliphatic heterocycles. The van der Waals surface area contributed by atoms with E-state index >= 15 is 0 Å². The maximum atomic E-state index is 12.8. The van der Waals surface area contributed by atoms with Crippen LogP contribution in [0.2, 0.25) is 0 Å². The highest BCUT2D eigenvalue weighted by Crippen LogP contribution is 2.47. The van der Waals surface area contributed by atoms with Gasteiger partial charge in [0.1, 0.15) is 43.2 Å². The molecule has 7 N–H and O–H groups in total. The van der Waals surface area contributed by atoms with Crippen LogP contribution >= 0.6 is 7.82 Å². The predicted molar refractivity (Wildman–Crippen MR) is 259 cm³/mol. The quantitative estimate of drug-likeness (QED) is 0.0102. The smallest absolute Gasteiger partial charge is 0.462 e. The Morgan fingerprint density at radius 1 is 0.561 bits per heavy atom. The topological polar surface area (TPSA) is 230 Å². The zero-order valence-electron chi connectivity index (χ0n) is 39.3. The number of allylic oxidation sites excluding steroid dienone is 16. The van der Waals surface area contributed by atoms with Crippen molar-refractivity contribution in [2.24, 2.45) is 0 Å². The summed E-state index contributed by atoms with van der Waals surface area (Å²) in [7, 11) is -5.16. The molecular formula is C51H81O14P. The summed E-state index contributed by atoms with van der Waals surface area (Å²) < 4.78 is 33.4. The van der Waals surface area contributed by atoms with Crippen molar-refractivity contribution in [2.75, 3.05) is 13.2 Å². The van der Waals surface area contributed by atoms with E-state index in [0.717, 1.165) is 64.2 Å². The molecule has 1 rings (SSSR count). The van der Waals surface area contributed by atoms with Gasteiger partial charge in [-0.15, -0.1) is 0 Å². The summed E-state index contributed by atoms with van der Waals surface area (Å²) in [5.74, 6) is -1.26. The van der Waals surface area contributed by atoms with Crippen LogP contribution < -0.4 is 0 Å². The van der Waals surface area contributed by atoms with Gasteiger partial charge in [-0.25, -0.2) is 4.57 Å². The first kappa shape index (κ1) is 60.5. The summed E-state index contributed by atoms with van der Waals surface area (Å²) >= 11 is 0. The number of esters is 2. The summed E-state index contributed by atoms with van der Waals surface area (Å²) in [6, 6.07) is 0. The van der Waals surface area contributed by atoms with Gasteiger partial charge in [0.05, 0.1) is 12.7 Å². The molecule has 0 spiro atoms. The monoisotopic (exact) mass is 949 g/mol. The minimum absolute atomic E-state index is 0.0142. The van der Waals surface area contributed by atoms with Crippen LogP contribution in [-0.4, -0.2) is 110 Å². The highest BCUT2D eigenvalue weighted by Gasteiger charge is 2.51. The van der Waals surface area contributed by atoms with Gasteiger partial charge >= 0.3 is 19.8 Å². The Morgan fingerprint density at radius 2 is 1.08 bits per heavy atom. The van der Waals surface area contributed by atoms with E-state index in [1.165, 1.54) is 19.3 Å². The second kappa shape index (κ2) is 39.5. The summed E-state index contributed by atoms with van der Waals surface area (Å²) in [5.41, 5.74) is 0. The van der Waals surface area contributed by atoms with Gasteiger partial charge in [-0.3, -0.25) is 18.6 Å². The summed E-state index contributed by atoms with van der Waals surface area (Å²) in [4.78, 5) is 35.7. The molecule has 0 aromatic carbocycles. The lowest BCUT2D eigenvalue weighted by molar-refractivity contribution is -0.220. The molecule has 1 aliphatic carbocycles. The lowest BCUT2D eigenvalue weighted by Crippen LogP contribution is -2.64. The lowest BCUT2D eigenvalue weighted by Gasteiger charge is -2.41. The number of phosphoric acid groups is 1. The van der Waals surface area contributed by atoms with E-state index in [2.05, 4.69) is 62.5 Å². The van der Waals surface area contributed by atoms with Crippen LogP contribution in [-0.2, 0) is 32.7 Å². The van der Waals surface area contributed by atoms with Gasteiger partial charge in [0.15, 0.2) is 6.10 Å². The number of ether oxygens (including phenoxy) is 2. The van der Waals surface area contributed by atoms with Crippen molar-refractivity contribution in [1.82, 2.24) is 0 Å². The van der Waals surface area contributed by atoms with E-state index < -0.39 is 81.8 Å². The second-order valence-corrected chi connectivity index (χ2v) is 17.5. The number of hydrogen-bond donors (Lipinski definition) is 7. The van der Waals surface area contributed by atoms with Gasteiger partial charge in [-0.1, -0.05) is 149 Å². The fourth-order valence-corrected chi connectivity index (χ4v) is 7.32. The molecule has 0 aromatic rings. The number of carbonyl (C=O) groups excluding carboxylic acids is 2. The molecule has 1 aliphatic rings. The lowest BCUT2D eigenvalue weighted by atomic mass is 9.85. The molecule has 1 saturated carbocycles. The van der Waals surface area contributed by atoms with E-state index in [4.69, 9.17) is 18.5 Å². The van der Waals surface area contributed by atoms with Crippen molar-refractivity contribution in [3.63, 3.8) is 0 Å². The molecule has 15 heteroatoms. The maximum Gasteiger partial charge on any atom is 0.472 e. The van der Waals surface area contributed by atoms with Gasteiger partial charge in [0.2, 0.25) is 0 Å². The second-order valence-electron chi connectivity index (χ2n) is 16.1. The van der Waals surface area contributed by atoms with Gasteiger partial charge in [-0.05, 0) is 83.5 Å². The summed E-state index contributed by atoms with van der Waals surface area (Å²) in [5, 5.41) is 60.0. The molecule has 1 fully saturated rings. The number of aliphatic hydroxyl groups excluding tert-OH is 6. The van der Waals surface area contributed by atoms with Crippen LogP contribution in [0, 0.1) is 0 Å². The molecule has 4 unspecified atom stereocenters. The number of aliphatic hydroxyl groups is 6. The third-order valence-electron chi connectivity index (χ3n) is 10.2. The van der Waals surface area contributed by atoms with Gasteiger partial charge in [0, 0.05) is 12.8 Å². The van der Waals surface area contributed by atoms with Crippen LogP contribution in [0.1, 0.15) is 136 Å². The first-order chi connectivity index (χ1) is 31.8. The van der Waals surface area contributed by atoms with Crippen molar-refractivity contribution >= 4 is 19.8 Å². The minimum Gasteiger partial charge on any atom is -0.462 e. The Morgan fingerprint density at radius 3 is 1.65 bits per heavy atom. The van der Waals surface area contributed by atoms with Crippen molar-refractivity contribution in [1.29, 1.82) is 0 Å². The molecule has 14 nitrogen and oxygen atoms in total. The van der Waals surface area contributed by atoms with Crippen molar-refractivity contribution in [3.05, 3.63) is 109 Å². The van der Waals surface area contributed by atoms with Gasteiger partial charge < -0.3 is 45.0 Å². The predicted octanol–water partition coefficient (Wildman–Crippen LogP) is 8.58.